The Morgan fingerprint density at radius 1 is 1.62 bits per heavy atom. The molecule has 1 amide bonds. The van der Waals surface area contributed by atoms with Gasteiger partial charge in [0.25, 0.3) is 0 Å². The van der Waals surface area contributed by atoms with Gasteiger partial charge < -0.3 is 4.98 Å². The van der Waals surface area contributed by atoms with Gasteiger partial charge in [-0.25, -0.2) is 4.98 Å². The summed E-state index contributed by atoms with van der Waals surface area (Å²) in [5.41, 5.74) is 1.39. The molecule has 0 bridgehead atoms. The van der Waals surface area contributed by atoms with Crippen molar-refractivity contribution >= 4 is 38.9 Å². The molecule has 84 valence electrons. The lowest BCUT2D eigenvalue weighted by atomic mass is 10.3. The molecule has 2 rings (SSSR count). The topological polar surface area (TPSA) is 70.7 Å². The van der Waals surface area contributed by atoms with Crippen molar-refractivity contribution in [2.24, 2.45) is 0 Å². The third-order valence-corrected chi connectivity index (χ3v) is 2.47. The van der Waals surface area contributed by atoms with E-state index in [2.05, 4.69) is 36.2 Å². The summed E-state index contributed by atoms with van der Waals surface area (Å²) >= 11 is 3.32. The summed E-state index contributed by atoms with van der Waals surface area (Å²) in [7, 11) is 0. The first-order chi connectivity index (χ1) is 7.69. The first kappa shape index (κ1) is 11.1. The van der Waals surface area contributed by atoms with E-state index in [-0.39, 0.29) is 5.91 Å². The minimum absolute atomic E-state index is 0.0411. The van der Waals surface area contributed by atoms with Gasteiger partial charge in [-0.3, -0.25) is 10.1 Å². The number of aromatic amines is 1. The summed E-state index contributed by atoms with van der Waals surface area (Å²) in [6.07, 6.45) is 2.98. The normalized spacial score (nSPS) is 10.6. The standard InChI is InChI=1S/C10H11BrN4O/c1-2-3-8(16)14-10-13-7-4-6(11)5-12-9(7)15-10/h4-5H,2-3H2,1H3,(H2,12,13,14,15,16). The highest BCUT2D eigenvalue weighted by Crippen LogP contribution is 2.16. The minimum Gasteiger partial charge on any atom is -0.322 e. The lowest BCUT2D eigenvalue weighted by molar-refractivity contribution is -0.116. The minimum atomic E-state index is -0.0411. The van der Waals surface area contributed by atoms with Gasteiger partial charge in [-0.15, -0.1) is 0 Å². The molecule has 6 heteroatoms. The summed E-state index contributed by atoms with van der Waals surface area (Å²) in [6.45, 7) is 1.96. The zero-order chi connectivity index (χ0) is 11.5. The van der Waals surface area contributed by atoms with Crippen molar-refractivity contribution in [1.82, 2.24) is 15.0 Å². The predicted octanol–water partition coefficient (Wildman–Crippen LogP) is 2.46. The first-order valence-electron chi connectivity index (χ1n) is 5.00. The molecule has 2 heterocycles. The van der Waals surface area contributed by atoms with E-state index in [1.807, 2.05) is 13.0 Å². The highest BCUT2D eigenvalue weighted by molar-refractivity contribution is 9.10. The van der Waals surface area contributed by atoms with E-state index in [1.165, 1.54) is 0 Å². The average Bonchev–Trinajstić information content (AvgIpc) is 2.59. The number of carbonyl (C=O) groups is 1. The second kappa shape index (κ2) is 4.61. The van der Waals surface area contributed by atoms with Crippen molar-refractivity contribution in [2.75, 3.05) is 5.32 Å². The van der Waals surface area contributed by atoms with E-state index in [0.29, 0.717) is 18.0 Å². The van der Waals surface area contributed by atoms with E-state index in [9.17, 15) is 4.79 Å². The summed E-state index contributed by atoms with van der Waals surface area (Å²) < 4.78 is 0.870. The number of carbonyl (C=O) groups excluding carboxylic acids is 1. The number of nitrogens with zero attached hydrogens (tertiary/aromatic N) is 2. The predicted molar refractivity (Wildman–Crippen MR) is 65.1 cm³/mol. The number of hydrogen-bond acceptors (Lipinski definition) is 3. The molecule has 0 saturated carbocycles. The molecule has 0 aromatic carbocycles. The molecule has 0 aliphatic rings. The van der Waals surface area contributed by atoms with Crippen LogP contribution < -0.4 is 5.32 Å². The summed E-state index contributed by atoms with van der Waals surface area (Å²) in [4.78, 5) is 22.6. The molecule has 0 spiro atoms. The number of fused-ring (bicyclic) bond motifs is 1. The number of imidazole rings is 1. The largest absolute Gasteiger partial charge is 0.322 e. The van der Waals surface area contributed by atoms with Crippen LogP contribution in [0.4, 0.5) is 5.95 Å². The Kier molecular flexibility index (Phi) is 3.19. The van der Waals surface area contributed by atoms with Crippen LogP contribution in [0.2, 0.25) is 0 Å². The van der Waals surface area contributed by atoms with Crippen LogP contribution in [0.3, 0.4) is 0 Å². The zero-order valence-electron chi connectivity index (χ0n) is 8.75. The maximum atomic E-state index is 11.4. The van der Waals surface area contributed by atoms with Crippen LogP contribution in [0, 0.1) is 0 Å². The van der Waals surface area contributed by atoms with Crippen molar-refractivity contribution in [2.45, 2.75) is 19.8 Å². The monoisotopic (exact) mass is 282 g/mol. The van der Waals surface area contributed by atoms with E-state index in [4.69, 9.17) is 0 Å². The molecule has 2 aromatic rings. The number of hydrogen-bond donors (Lipinski definition) is 2. The van der Waals surface area contributed by atoms with Gasteiger partial charge in [-0.05, 0) is 28.4 Å². The zero-order valence-corrected chi connectivity index (χ0v) is 10.3. The number of nitrogens with one attached hydrogen (secondary N) is 2. The van der Waals surface area contributed by atoms with Gasteiger partial charge in [0, 0.05) is 17.1 Å². The number of pyridine rings is 1. The molecule has 5 nitrogen and oxygen atoms in total. The van der Waals surface area contributed by atoms with E-state index >= 15 is 0 Å². The molecular formula is C10H11BrN4O. The van der Waals surface area contributed by atoms with Crippen molar-refractivity contribution in [3.63, 3.8) is 0 Å². The summed E-state index contributed by atoms with van der Waals surface area (Å²) in [6, 6.07) is 1.87. The Bertz CT molecular complexity index is 523. The highest BCUT2D eigenvalue weighted by atomic mass is 79.9. The van der Waals surface area contributed by atoms with Gasteiger partial charge in [0.1, 0.15) is 0 Å². The summed E-state index contributed by atoms with van der Waals surface area (Å²) in [5, 5.41) is 2.69. The molecular weight excluding hydrogens is 272 g/mol. The lowest BCUT2D eigenvalue weighted by Gasteiger charge is -1.97. The Morgan fingerprint density at radius 3 is 3.19 bits per heavy atom. The van der Waals surface area contributed by atoms with E-state index in [0.717, 1.165) is 16.4 Å². The fourth-order valence-corrected chi connectivity index (χ4v) is 1.69. The SMILES string of the molecule is CCCC(=O)Nc1nc2ncc(Br)cc2[nH]1. The first-order valence-corrected chi connectivity index (χ1v) is 5.79. The molecule has 2 aromatic heterocycles. The molecule has 0 fully saturated rings. The molecule has 0 radical (unpaired) electrons. The van der Waals surface area contributed by atoms with Gasteiger partial charge in [-0.2, -0.15) is 4.98 Å². The van der Waals surface area contributed by atoms with Crippen molar-refractivity contribution in [3.05, 3.63) is 16.7 Å². The highest BCUT2D eigenvalue weighted by Gasteiger charge is 2.06. The maximum Gasteiger partial charge on any atom is 0.226 e. The van der Waals surface area contributed by atoms with Gasteiger partial charge in [0.2, 0.25) is 11.9 Å². The molecule has 16 heavy (non-hydrogen) atoms. The van der Waals surface area contributed by atoms with Crippen LogP contribution >= 0.6 is 15.9 Å². The van der Waals surface area contributed by atoms with E-state index < -0.39 is 0 Å². The third kappa shape index (κ3) is 2.38. The molecule has 2 N–H and O–H groups in total. The number of halogens is 1. The number of anilines is 1. The Labute approximate surface area is 101 Å². The summed E-state index contributed by atoms with van der Waals surface area (Å²) in [5.74, 6) is 0.402. The molecule has 0 aliphatic heterocycles. The van der Waals surface area contributed by atoms with Crippen LogP contribution in [0.15, 0.2) is 16.7 Å². The second-order valence-electron chi connectivity index (χ2n) is 3.41. The van der Waals surface area contributed by atoms with Crippen LogP contribution in [0.1, 0.15) is 19.8 Å². The molecule has 0 aliphatic carbocycles. The smallest absolute Gasteiger partial charge is 0.226 e. The van der Waals surface area contributed by atoms with Gasteiger partial charge in [0.15, 0.2) is 5.65 Å². The number of aromatic nitrogens is 3. The third-order valence-electron chi connectivity index (χ3n) is 2.04. The molecule has 0 atom stereocenters. The lowest BCUT2D eigenvalue weighted by Crippen LogP contribution is -2.11. The Balaban J connectivity index is 2.23. The number of H-pyrrole nitrogens is 1. The maximum absolute atomic E-state index is 11.4. The quantitative estimate of drug-likeness (QED) is 0.909. The average molecular weight is 283 g/mol. The van der Waals surface area contributed by atoms with Crippen molar-refractivity contribution < 1.29 is 4.79 Å². The fraction of sp³-hybridized carbons (Fsp3) is 0.300. The molecule has 0 unspecified atom stereocenters. The van der Waals surface area contributed by atoms with Crippen LogP contribution in [-0.2, 0) is 4.79 Å². The Hall–Kier alpha value is -1.43. The number of amides is 1. The van der Waals surface area contributed by atoms with Gasteiger partial charge in [-0.1, -0.05) is 6.92 Å². The Morgan fingerprint density at radius 2 is 2.44 bits per heavy atom. The van der Waals surface area contributed by atoms with Gasteiger partial charge in [0.05, 0.1) is 5.52 Å². The van der Waals surface area contributed by atoms with Crippen molar-refractivity contribution in [3.8, 4) is 0 Å². The van der Waals surface area contributed by atoms with E-state index in [1.54, 1.807) is 6.20 Å². The fourth-order valence-electron chi connectivity index (χ4n) is 1.36. The van der Waals surface area contributed by atoms with Crippen molar-refractivity contribution in [1.29, 1.82) is 0 Å². The van der Waals surface area contributed by atoms with Crippen LogP contribution in [-0.4, -0.2) is 20.9 Å². The number of rotatable bonds is 3. The van der Waals surface area contributed by atoms with Crippen LogP contribution in [0.25, 0.3) is 11.2 Å². The van der Waals surface area contributed by atoms with Crippen LogP contribution in [0.5, 0.6) is 0 Å². The second-order valence-corrected chi connectivity index (χ2v) is 4.32. The molecule has 0 saturated heterocycles. The van der Waals surface area contributed by atoms with Gasteiger partial charge >= 0.3 is 0 Å².